The van der Waals surface area contributed by atoms with Crippen LogP contribution in [0.25, 0.3) is 11.4 Å². The van der Waals surface area contributed by atoms with Crippen molar-refractivity contribution in [3.8, 4) is 11.4 Å². The first-order chi connectivity index (χ1) is 14.1. The highest BCUT2D eigenvalue weighted by Gasteiger charge is 2.21. The summed E-state index contributed by atoms with van der Waals surface area (Å²) in [5.41, 5.74) is 3.56. The maximum Gasteiger partial charge on any atom is 0.254 e. The van der Waals surface area contributed by atoms with E-state index in [0.29, 0.717) is 24.7 Å². The van der Waals surface area contributed by atoms with Crippen LogP contribution >= 0.6 is 0 Å². The third kappa shape index (κ3) is 4.62. The van der Waals surface area contributed by atoms with Gasteiger partial charge in [0.1, 0.15) is 12.4 Å². The molecule has 1 amide bonds. The average Bonchev–Trinajstić information content (AvgIpc) is 3.01. The highest BCUT2D eigenvalue weighted by molar-refractivity contribution is 5.75. The molecule has 1 atom stereocenters. The first kappa shape index (κ1) is 19.1. The van der Waals surface area contributed by atoms with Crippen molar-refractivity contribution in [1.82, 2.24) is 25.1 Å². The van der Waals surface area contributed by atoms with Gasteiger partial charge in [0, 0.05) is 23.9 Å². The Morgan fingerprint density at radius 2 is 2.03 bits per heavy atom. The van der Waals surface area contributed by atoms with Gasteiger partial charge in [-0.25, -0.2) is 4.98 Å². The van der Waals surface area contributed by atoms with E-state index >= 15 is 0 Å². The summed E-state index contributed by atoms with van der Waals surface area (Å²) in [6.07, 6.45) is 6.79. The van der Waals surface area contributed by atoms with Crippen LogP contribution in [0.2, 0.25) is 0 Å². The number of nitrogens with zero attached hydrogens (tertiary/aromatic N) is 3. The number of benzene rings is 1. The Morgan fingerprint density at radius 1 is 1.24 bits per heavy atom. The van der Waals surface area contributed by atoms with Gasteiger partial charge in [-0.2, -0.15) is 5.10 Å². The van der Waals surface area contributed by atoms with E-state index in [4.69, 9.17) is 4.98 Å². The van der Waals surface area contributed by atoms with Crippen molar-refractivity contribution < 1.29 is 4.79 Å². The molecule has 7 nitrogen and oxygen atoms in total. The lowest BCUT2D eigenvalue weighted by Gasteiger charge is -2.14. The molecule has 1 aliphatic rings. The first-order valence-corrected chi connectivity index (χ1v) is 10.0. The van der Waals surface area contributed by atoms with Gasteiger partial charge in [-0.1, -0.05) is 30.3 Å². The molecular weight excluding hydrogens is 366 g/mol. The van der Waals surface area contributed by atoms with Crippen molar-refractivity contribution in [2.45, 2.75) is 39.2 Å². The number of hydrogen-bond acceptors (Lipinski definition) is 4. The number of amides is 1. The summed E-state index contributed by atoms with van der Waals surface area (Å²) in [6.45, 7) is 2.78. The number of H-pyrrole nitrogens is 1. The van der Waals surface area contributed by atoms with Crippen molar-refractivity contribution in [2.75, 3.05) is 6.54 Å². The minimum absolute atomic E-state index is 0.0443. The molecule has 150 valence electrons. The van der Waals surface area contributed by atoms with Gasteiger partial charge in [0.15, 0.2) is 0 Å². The Bertz CT molecular complexity index is 1050. The number of nitrogens with one attached hydrogen (secondary N) is 2. The summed E-state index contributed by atoms with van der Waals surface area (Å²) in [5, 5.41) is 7.16. The summed E-state index contributed by atoms with van der Waals surface area (Å²) < 4.78 is 1.64. The average molecular weight is 391 g/mol. The van der Waals surface area contributed by atoms with Gasteiger partial charge in [0.2, 0.25) is 5.91 Å². The smallest absolute Gasteiger partial charge is 0.254 e. The van der Waals surface area contributed by atoms with E-state index in [1.807, 2.05) is 43.5 Å². The third-order valence-corrected chi connectivity index (χ3v) is 5.40. The quantitative estimate of drug-likeness (QED) is 0.653. The predicted octanol–water partition coefficient (Wildman–Crippen LogP) is 2.25. The molecule has 0 aliphatic heterocycles. The van der Waals surface area contributed by atoms with Crippen molar-refractivity contribution in [3.63, 3.8) is 0 Å². The Hall–Kier alpha value is -3.22. The fourth-order valence-corrected chi connectivity index (χ4v) is 3.79. The van der Waals surface area contributed by atoms with Crippen LogP contribution in [-0.4, -0.2) is 32.2 Å². The van der Waals surface area contributed by atoms with Crippen molar-refractivity contribution in [2.24, 2.45) is 5.92 Å². The molecule has 3 aromatic rings. The highest BCUT2D eigenvalue weighted by Crippen LogP contribution is 2.23. The molecule has 0 saturated carbocycles. The van der Waals surface area contributed by atoms with Crippen LogP contribution in [-0.2, 0) is 24.2 Å². The number of aromatic nitrogens is 4. The molecular formula is C22H25N5O2. The zero-order chi connectivity index (χ0) is 20.2. The Kier molecular flexibility index (Phi) is 5.55. The fourth-order valence-electron chi connectivity index (χ4n) is 3.79. The van der Waals surface area contributed by atoms with Crippen LogP contribution in [0.4, 0.5) is 0 Å². The lowest BCUT2D eigenvalue weighted by atomic mass is 10.00. The van der Waals surface area contributed by atoms with E-state index in [9.17, 15) is 9.59 Å². The number of aromatic amines is 1. The highest BCUT2D eigenvalue weighted by atomic mass is 16.2. The van der Waals surface area contributed by atoms with Gasteiger partial charge in [0.05, 0.1) is 11.9 Å². The SMILES string of the molecule is Cc1cnn(CC(=O)NCC2CCc3nc(-c4ccccc4)[nH]c(=O)c3CC2)c1. The van der Waals surface area contributed by atoms with Crippen molar-refractivity contribution in [3.05, 3.63) is 69.9 Å². The van der Waals surface area contributed by atoms with Gasteiger partial charge >= 0.3 is 0 Å². The van der Waals surface area contributed by atoms with Crippen LogP contribution in [0.5, 0.6) is 0 Å². The van der Waals surface area contributed by atoms with Crippen LogP contribution < -0.4 is 10.9 Å². The molecule has 0 radical (unpaired) electrons. The molecule has 7 heteroatoms. The standard InChI is InChI=1S/C22H25N5O2/c1-15-11-24-27(13-15)14-20(28)23-12-16-7-9-18-19(10-8-16)25-21(26-22(18)29)17-5-3-2-4-6-17/h2-6,11,13,16H,7-10,12,14H2,1H3,(H,23,28)(H,25,26,29). The Morgan fingerprint density at radius 3 is 2.79 bits per heavy atom. The maximum atomic E-state index is 12.6. The summed E-state index contributed by atoms with van der Waals surface area (Å²) in [7, 11) is 0. The maximum absolute atomic E-state index is 12.6. The van der Waals surface area contributed by atoms with Crippen molar-refractivity contribution in [1.29, 1.82) is 0 Å². The third-order valence-electron chi connectivity index (χ3n) is 5.40. The lowest BCUT2D eigenvalue weighted by molar-refractivity contribution is -0.122. The summed E-state index contributed by atoms with van der Waals surface area (Å²) in [6, 6.07) is 9.70. The van der Waals surface area contributed by atoms with Crippen molar-refractivity contribution >= 4 is 5.91 Å². The number of hydrogen-bond donors (Lipinski definition) is 2. The molecule has 0 bridgehead atoms. The van der Waals surface area contributed by atoms with Crippen LogP contribution in [0.15, 0.2) is 47.5 Å². The second-order valence-corrected chi connectivity index (χ2v) is 7.67. The second-order valence-electron chi connectivity index (χ2n) is 7.67. The molecule has 0 fully saturated rings. The second kappa shape index (κ2) is 8.43. The first-order valence-electron chi connectivity index (χ1n) is 10.0. The van der Waals surface area contributed by atoms with Crippen LogP contribution in [0, 0.1) is 12.8 Å². The van der Waals surface area contributed by atoms with E-state index < -0.39 is 0 Å². The largest absolute Gasteiger partial charge is 0.354 e. The Labute approximate surface area is 169 Å². The zero-order valence-electron chi connectivity index (χ0n) is 16.5. The normalized spacial score (nSPS) is 16.1. The summed E-state index contributed by atoms with van der Waals surface area (Å²) in [5.74, 6) is 0.903. The van der Waals surface area contributed by atoms with E-state index in [1.54, 1.807) is 10.9 Å². The summed E-state index contributed by atoms with van der Waals surface area (Å²) >= 11 is 0. The molecule has 2 aromatic heterocycles. The molecule has 4 rings (SSSR count). The van der Waals surface area contributed by atoms with Gasteiger partial charge in [-0.05, 0) is 44.1 Å². The molecule has 2 heterocycles. The minimum Gasteiger partial charge on any atom is -0.354 e. The fraction of sp³-hybridized carbons (Fsp3) is 0.364. The molecule has 1 aromatic carbocycles. The van der Waals surface area contributed by atoms with E-state index in [2.05, 4.69) is 15.4 Å². The van der Waals surface area contributed by atoms with E-state index in [-0.39, 0.29) is 18.0 Å². The topological polar surface area (TPSA) is 92.7 Å². The molecule has 0 saturated heterocycles. The molecule has 1 unspecified atom stereocenters. The molecule has 1 aliphatic carbocycles. The molecule has 0 spiro atoms. The zero-order valence-corrected chi connectivity index (χ0v) is 16.5. The van der Waals surface area contributed by atoms with Gasteiger partial charge in [0.25, 0.3) is 5.56 Å². The lowest BCUT2D eigenvalue weighted by Crippen LogP contribution is -2.32. The summed E-state index contributed by atoms with van der Waals surface area (Å²) in [4.78, 5) is 32.5. The monoisotopic (exact) mass is 391 g/mol. The number of aryl methyl sites for hydroxylation is 2. The minimum atomic E-state index is -0.0485. The Balaban J connectivity index is 1.38. The number of carbonyl (C=O) groups is 1. The van der Waals surface area contributed by atoms with Gasteiger partial charge in [-0.3, -0.25) is 14.3 Å². The van der Waals surface area contributed by atoms with Crippen LogP contribution in [0.1, 0.15) is 29.7 Å². The van der Waals surface area contributed by atoms with Gasteiger partial charge in [-0.15, -0.1) is 0 Å². The number of carbonyl (C=O) groups excluding carboxylic acids is 1. The van der Waals surface area contributed by atoms with Crippen LogP contribution in [0.3, 0.4) is 0 Å². The predicted molar refractivity (Wildman–Crippen MR) is 110 cm³/mol. The van der Waals surface area contributed by atoms with E-state index in [1.165, 1.54) is 0 Å². The molecule has 29 heavy (non-hydrogen) atoms. The number of rotatable bonds is 5. The van der Waals surface area contributed by atoms with E-state index in [0.717, 1.165) is 41.6 Å². The van der Waals surface area contributed by atoms with Gasteiger partial charge < -0.3 is 10.3 Å². The molecule has 2 N–H and O–H groups in total. The number of fused-ring (bicyclic) bond motifs is 1.